The van der Waals surface area contributed by atoms with Gasteiger partial charge in [-0.25, -0.2) is 0 Å². The van der Waals surface area contributed by atoms with Gasteiger partial charge in [0, 0.05) is 15.6 Å². The first-order valence-corrected chi connectivity index (χ1v) is 11.3. The third kappa shape index (κ3) is 6.88. The molecule has 7 nitrogen and oxygen atoms in total. The third-order valence-electron chi connectivity index (χ3n) is 4.83. The van der Waals surface area contributed by atoms with Gasteiger partial charge in [-0.2, -0.15) is 5.48 Å². The molecule has 3 aromatic carbocycles. The first-order chi connectivity index (χ1) is 16.4. The Morgan fingerprint density at radius 3 is 2.00 bits per heavy atom. The van der Waals surface area contributed by atoms with Gasteiger partial charge in [-0.05, 0) is 42.3 Å². The number of amides is 2. The number of amidine groups is 1. The molecule has 2 atom stereocenters. The zero-order valence-electron chi connectivity index (χ0n) is 18.3. The van der Waals surface area contributed by atoms with Crippen LogP contribution in [0.15, 0.2) is 78.9 Å². The Balaban J connectivity index is 1.88. The van der Waals surface area contributed by atoms with Gasteiger partial charge in [0.05, 0.1) is 6.61 Å². The van der Waals surface area contributed by atoms with Gasteiger partial charge in [0.25, 0.3) is 5.91 Å². The molecule has 0 aliphatic rings. The standard InChI is InChI=1S/C25H24Cl2N4O3/c1-2-34-31-22(18-11-7-13-20(27)15-18)25(33)29-21(17-10-6-12-19(26)14-17)24(32)30-23(28)16-8-4-3-5-9-16/h3-15,21-22,31H,2H2,1H3,(H,29,33)(H2,28,30,32). The molecule has 0 radical (unpaired) electrons. The molecule has 0 aliphatic heterocycles. The van der Waals surface area contributed by atoms with Crippen molar-refractivity contribution in [3.8, 4) is 0 Å². The molecule has 0 fully saturated rings. The molecule has 0 aromatic heterocycles. The number of hydroxylamine groups is 1. The van der Waals surface area contributed by atoms with Crippen LogP contribution in [0.3, 0.4) is 0 Å². The smallest absolute Gasteiger partial charge is 0.252 e. The average molecular weight is 499 g/mol. The summed E-state index contributed by atoms with van der Waals surface area (Å²) in [6, 6.07) is 20.1. The lowest BCUT2D eigenvalue weighted by Crippen LogP contribution is -2.46. The summed E-state index contributed by atoms with van der Waals surface area (Å²) >= 11 is 12.3. The molecule has 2 amide bonds. The van der Waals surface area contributed by atoms with Crippen molar-refractivity contribution in [2.45, 2.75) is 19.0 Å². The van der Waals surface area contributed by atoms with Gasteiger partial charge in [-0.15, -0.1) is 0 Å². The lowest BCUT2D eigenvalue weighted by Gasteiger charge is -2.24. The molecule has 0 bridgehead atoms. The third-order valence-corrected chi connectivity index (χ3v) is 5.30. The normalized spacial score (nSPS) is 12.4. The van der Waals surface area contributed by atoms with Crippen LogP contribution in [-0.4, -0.2) is 24.3 Å². The maximum absolute atomic E-state index is 13.3. The number of carbonyl (C=O) groups is 2. The number of carbonyl (C=O) groups excluding carboxylic acids is 2. The number of rotatable bonds is 9. The second-order valence-electron chi connectivity index (χ2n) is 7.27. The zero-order chi connectivity index (χ0) is 24.5. The van der Waals surface area contributed by atoms with E-state index in [9.17, 15) is 9.59 Å². The van der Waals surface area contributed by atoms with Crippen LogP contribution in [0, 0.1) is 5.41 Å². The SMILES string of the molecule is CCONC(C(=O)NC(C(=O)NC(=N)c1ccccc1)c1cccc(Cl)c1)c1cccc(Cl)c1. The average Bonchev–Trinajstić information content (AvgIpc) is 2.83. The van der Waals surface area contributed by atoms with Crippen molar-refractivity contribution in [2.24, 2.45) is 0 Å². The predicted molar refractivity (Wildman–Crippen MR) is 133 cm³/mol. The molecule has 4 N–H and O–H groups in total. The summed E-state index contributed by atoms with van der Waals surface area (Å²) in [4.78, 5) is 31.8. The van der Waals surface area contributed by atoms with Crippen molar-refractivity contribution >= 4 is 40.9 Å². The molecular formula is C25H24Cl2N4O3. The van der Waals surface area contributed by atoms with E-state index >= 15 is 0 Å². The van der Waals surface area contributed by atoms with Crippen molar-refractivity contribution in [3.63, 3.8) is 0 Å². The lowest BCUT2D eigenvalue weighted by atomic mass is 10.0. The fourth-order valence-corrected chi connectivity index (χ4v) is 3.61. The maximum atomic E-state index is 13.3. The van der Waals surface area contributed by atoms with E-state index in [0.29, 0.717) is 33.3 Å². The second-order valence-corrected chi connectivity index (χ2v) is 8.14. The fraction of sp³-hybridized carbons (Fsp3) is 0.160. The van der Waals surface area contributed by atoms with E-state index in [1.54, 1.807) is 79.7 Å². The zero-order valence-corrected chi connectivity index (χ0v) is 19.9. The topological polar surface area (TPSA) is 103 Å². The minimum Gasteiger partial charge on any atom is -0.339 e. The quantitative estimate of drug-likeness (QED) is 0.197. The van der Waals surface area contributed by atoms with E-state index in [4.69, 9.17) is 33.4 Å². The van der Waals surface area contributed by atoms with Crippen LogP contribution in [0.2, 0.25) is 10.0 Å². The molecule has 9 heteroatoms. The van der Waals surface area contributed by atoms with Crippen LogP contribution >= 0.6 is 23.2 Å². The molecule has 0 aliphatic carbocycles. The molecule has 3 aromatic rings. The Labute approximate surface area is 207 Å². The summed E-state index contributed by atoms with van der Waals surface area (Å²) in [5.74, 6) is -1.21. The number of nitrogens with one attached hydrogen (secondary N) is 4. The van der Waals surface area contributed by atoms with E-state index < -0.39 is 23.9 Å². The van der Waals surface area contributed by atoms with Crippen molar-refractivity contribution < 1.29 is 14.4 Å². The molecule has 2 unspecified atom stereocenters. The monoisotopic (exact) mass is 498 g/mol. The number of hydrogen-bond donors (Lipinski definition) is 4. The molecular weight excluding hydrogens is 475 g/mol. The van der Waals surface area contributed by atoms with Crippen LogP contribution in [-0.2, 0) is 14.4 Å². The van der Waals surface area contributed by atoms with Crippen LogP contribution in [0.25, 0.3) is 0 Å². The van der Waals surface area contributed by atoms with Gasteiger partial charge in [0.15, 0.2) is 0 Å². The van der Waals surface area contributed by atoms with Crippen molar-refractivity contribution in [1.29, 1.82) is 5.41 Å². The van der Waals surface area contributed by atoms with Gasteiger partial charge in [0.1, 0.15) is 17.9 Å². The summed E-state index contributed by atoms with van der Waals surface area (Å²) in [6.07, 6.45) is 0. The molecule has 3 rings (SSSR count). The molecule has 0 saturated heterocycles. The van der Waals surface area contributed by atoms with Crippen molar-refractivity contribution in [1.82, 2.24) is 16.1 Å². The largest absolute Gasteiger partial charge is 0.339 e. The predicted octanol–water partition coefficient (Wildman–Crippen LogP) is 4.57. The Hall–Kier alpha value is -3.23. The number of benzene rings is 3. The minimum absolute atomic E-state index is 0.0919. The number of hydrogen-bond acceptors (Lipinski definition) is 5. The van der Waals surface area contributed by atoms with E-state index in [0.717, 1.165) is 0 Å². The van der Waals surface area contributed by atoms with Gasteiger partial charge in [-0.3, -0.25) is 15.0 Å². The minimum atomic E-state index is -1.12. The van der Waals surface area contributed by atoms with Crippen LogP contribution < -0.4 is 16.1 Å². The van der Waals surface area contributed by atoms with Gasteiger partial charge < -0.3 is 15.5 Å². The first kappa shape index (κ1) is 25.4. The Kier molecular flexibility index (Phi) is 9.18. The van der Waals surface area contributed by atoms with Gasteiger partial charge in [0.2, 0.25) is 5.91 Å². The summed E-state index contributed by atoms with van der Waals surface area (Å²) < 4.78 is 0. The van der Waals surface area contributed by atoms with E-state index in [-0.39, 0.29) is 5.84 Å². The first-order valence-electron chi connectivity index (χ1n) is 10.5. The summed E-state index contributed by atoms with van der Waals surface area (Å²) in [5, 5.41) is 14.4. The molecule has 0 saturated carbocycles. The summed E-state index contributed by atoms with van der Waals surface area (Å²) in [7, 11) is 0. The van der Waals surface area contributed by atoms with Gasteiger partial charge >= 0.3 is 0 Å². The Morgan fingerprint density at radius 2 is 1.44 bits per heavy atom. The summed E-state index contributed by atoms with van der Waals surface area (Å²) in [6.45, 7) is 2.09. The molecule has 34 heavy (non-hydrogen) atoms. The van der Waals surface area contributed by atoms with Crippen molar-refractivity contribution in [3.05, 3.63) is 106 Å². The fourth-order valence-electron chi connectivity index (χ4n) is 3.21. The van der Waals surface area contributed by atoms with Crippen molar-refractivity contribution in [2.75, 3.05) is 6.61 Å². The summed E-state index contributed by atoms with van der Waals surface area (Å²) in [5.41, 5.74) is 4.26. The van der Waals surface area contributed by atoms with E-state index in [2.05, 4.69) is 16.1 Å². The maximum Gasteiger partial charge on any atom is 0.252 e. The van der Waals surface area contributed by atoms with Crippen LogP contribution in [0.1, 0.15) is 35.7 Å². The van der Waals surface area contributed by atoms with Gasteiger partial charge in [-0.1, -0.05) is 77.8 Å². The van der Waals surface area contributed by atoms with Crippen LogP contribution in [0.5, 0.6) is 0 Å². The molecule has 0 spiro atoms. The highest BCUT2D eigenvalue weighted by Crippen LogP contribution is 2.22. The van der Waals surface area contributed by atoms with E-state index in [1.165, 1.54) is 0 Å². The highest BCUT2D eigenvalue weighted by molar-refractivity contribution is 6.31. The Bertz CT molecular complexity index is 1160. The highest BCUT2D eigenvalue weighted by atomic mass is 35.5. The highest BCUT2D eigenvalue weighted by Gasteiger charge is 2.29. The lowest BCUT2D eigenvalue weighted by molar-refractivity contribution is -0.132. The molecule has 0 heterocycles. The van der Waals surface area contributed by atoms with E-state index in [1.807, 2.05) is 6.07 Å². The molecule has 176 valence electrons. The second kappa shape index (κ2) is 12.3. The van der Waals surface area contributed by atoms with Crippen LogP contribution in [0.4, 0.5) is 0 Å². The Morgan fingerprint density at radius 1 is 0.853 bits per heavy atom. The number of halogens is 2.